The monoisotopic (exact) mass is 303 g/mol. The number of rotatable bonds is 2. The number of halogens is 1. The summed E-state index contributed by atoms with van der Waals surface area (Å²) in [7, 11) is -3.06. The number of amides is 1. The maximum atomic E-state index is 13.0. The van der Waals surface area contributed by atoms with Crippen molar-refractivity contribution < 1.29 is 17.6 Å². The van der Waals surface area contributed by atoms with Crippen molar-refractivity contribution in [3.05, 3.63) is 29.6 Å². The first-order valence-electron chi connectivity index (χ1n) is 5.87. The highest BCUT2D eigenvalue weighted by Gasteiger charge is 2.26. The summed E-state index contributed by atoms with van der Waals surface area (Å²) in [6.45, 7) is 0. The summed E-state index contributed by atoms with van der Waals surface area (Å²) in [5.41, 5.74) is 0.273. The van der Waals surface area contributed by atoms with Gasteiger partial charge in [0.2, 0.25) is 0 Å². The Labute approximate surface area is 116 Å². The van der Waals surface area contributed by atoms with Crippen LogP contribution >= 0.6 is 12.6 Å². The van der Waals surface area contributed by atoms with Crippen LogP contribution in [-0.4, -0.2) is 31.9 Å². The van der Waals surface area contributed by atoms with Gasteiger partial charge in [0.05, 0.1) is 11.5 Å². The molecule has 1 aliphatic rings. The average molecular weight is 303 g/mol. The summed E-state index contributed by atoms with van der Waals surface area (Å²) in [4.78, 5) is 12.0. The number of nitrogens with one attached hydrogen (secondary N) is 1. The molecule has 1 fully saturated rings. The van der Waals surface area contributed by atoms with Gasteiger partial charge in [-0.05, 0) is 31.0 Å². The lowest BCUT2D eigenvalue weighted by molar-refractivity contribution is 0.0938. The van der Waals surface area contributed by atoms with Crippen molar-refractivity contribution in [3.8, 4) is 0 Å². The van der Waals surface area contributed by atoms with E-state index in [1.165, 1.54) is 12.1 Å². The van der Waals surface area contributed by atoms with Crippen LogP contribution in [0.2, 0.25) is 0 Å². The van der Waals surface area contributed by atoms with Gasteiger partial charge >= 0.3 is 0 Å². The van der Waals surface area contributed by atoms with Crippen molar-refractivity contribution in [1.29, 1.82) is 0 Å². The zero-order chi connectivity index (χ0) is 14.0. The Kier molecular flexibility index (Phi) is 4.15. The summed E-state index contributed by atoms with van der Waals surface area (Å²) in [6.07, 6.45) is 1.19. The van der Waals surface area contributed by atoms with Crippen LogP contribution in [-0.2, 0) is 9.84 Å². The van der Waals surface area contributed by atoms with Gasteiger partial charge in [0, 0.05) is 16.5 Å². The molecule has 0 spiro atoms. The molecule has 1 heterocycles. The van der Waals surface area contributed by atoms with Gasteiger partial charge in [-0.3, -0.25) is 4.79 Å². The fraction of sp³-hybridized carbons (Fsp3) is 0.417. The molecule has 0 saturated carbocycles. The van der Waals surface area contributed by atoms with Gasteiger partial charge in [-0.15, -0.1) is 12.6 Å². The maximum Gasteiger partial charge on any atom is 0.251 e. The number of benzene rings is 1. The second-order valence-electron chi connectivity index (χ2n) is 4.59. The van der Waals surface area contributed by atoms with Crippen molar-refractivity contribution in [3.63, 3.8) is 0 Å². The van der Waals surface area contributed by atoms with E-state index in [1.807, 2.05) is 0 Å². The van der Waals surface area contributed by atoms with Gasteiger partial charge in [-0.25, -0.2) is 12.8 Å². The molecule has 1 saturated heterocycles. The number of hydrogen-bond donors (Lipinski definition) is 2. The van der Waals surface area contributed by atoms with E-state index in [0.29, 0.717) is 12.8 Å². The first-order chi connectivity index (χ1) is 8.87. The molecule has 1 unspecified atom stereocenters. The van der Waals surface area contributed by atoms with Gasteiger partial charge in [0.1, 0.15) is 5.82 Å². The molecule has 0 aromatic heterocycles. The minimum absolute atomic E-state index is 0.0341. The van der Waals surface area contributed by atoms with E-state index in [4.69, 9.17) is 0 Å². The molecular formula is C12H14FNO3S2. The molecule has 19 heavy (non-hydrogen) atoms. The van der Waals surface area contributed by atoms with Crippen LogP contribution in [0.25, 0.3) is 0 Å². The normalized spacial score (nSPS) is 21.9. The highest BCUT2D eigenvalue weighted by Crippen LogP contribution is 2.16. The van der Waals surface area contributed by atoms with E-state index in [2.05, 4.69) is 17.9 Å². The van der Waals surface area contributed by atoms with Crippen LogP contribution in [0.1, 0.15) is 23.2 Å². The molecule has 1 aromatic carbocycles. The Bertz CT molecular complexity index is 601. The topological polar surface area (TPSA) is 63.2 Å². The van der Waals surface area contributed by atoms with Crippen molar-refractivity contribution in [2.45, 2.75) is 23.8 Å². The second-order valence-corrected chi connectivity index (χ2v) is 7.30. The molecule has 1 N–H and O–H groups in total. The Morgan fingerprint density at radius 2 is 2.16 bits per heavy atom. The summed E-state index contributed by atoms with van der Waals surface area (Å²) >= 11 is 3.90. The van der Waals surface area contributed by atoms with Gasteiger partial charge in [0.15, 0.2) is 9.84 Å². The van der Waals surface area contributed by atoms with E-state index >= 15 is 0 Å². The third kappa shape index (κ3) is 3.70. The Balaban J connectivity index is 2.06. The summed E-state index contributed by atoms with van der Waals surface area (Å²) < 4.78 is 36.0. The molecular weight excluding hydrogens is 289 g/mol. The largest absolute Gasteiger partial charge is 0.348 e. The van der Waals surface area contributed by atoms with Crippen LogP contribution in [0.4, 0.5) is 4.39 Å². The maximum absolute atomic E-state index is 13.0. The molecule has 1 aromatic rings. The standard InChI is InChI=1S/C12H14FNO3S2/c13-10-4-3-8(6-11(10)18)12(15)14-9-2-1-5-19(16,17)7-9/h3-4,6,9,18H,1-2,5,7H2,(H,14,15). The van der Waals surface area contributed by atoms with E-state index in [-0.39, 0.29) is 28.0 Å². The highest BCUT2D eigenvalue weighted by atomic mass is 32.2. The third-order valence-corrected chi connectivity index (χ3v) is 5.17. The molecule has 0 aliphatic carbocycles. The van der Waals surface area contributed by atoms with Gasteiger partial charge in [0.25, 0.3) is 5.91 Å². The first kappa shape index (κ1) is 14.3. The van der Waals surface area contributed by atoms with Crippen LogP contribution in [0, 0.1) is 5.82 Å². The molecule has 0 radical (unpaired) electrons. The Morgan fingerprint density at radius 1 is 1.42 bits per heavy atom. The van der Waals surface area contributed by atoms with Gasteiger partial charge < -0.3 is 5.32 Å². The lowest BCUT2D eigenvalue weighted by Crippen LogP contribution is -2.43. The molecule has 1 amide bonds. The molecule has 0 bridgehead atoms. The Morgan fingerprint density at radius 3 is 2.79 bits per heavy atom. The van der Waals surface area contributed by atoms with Crippen LogP contribution in [0.3, 0.4) is 0 Å². The minimum Gasteiger partial charge on any atom is -0.348 e. The fourth-order valence-electron chi connectivity index (χ4n) is 2.06. The van der Waals surface area contributed by atoms with Crippen LogP contribution < -0.4 is 5.32 Å². The van der Waals surface area contributed by atoms with Crippen LogP contribution in [0.15, 0.2) is 23.1 Å². The van der Waals surface area contributed by atoms with Crippen LogP contribution in [0.5, 0.6) is 0 Å². The van der Waals surface area contributed by atoms with E-state index in [1.54, 1.807) is 0 Å². The minimum atomic E-state index is -3.06. The molecule has 7 heteroatoms. The van der Waals surface area contributed by atoms with Crippen molar-refractivity contribution in [2.24, 2.45) is 0 Å². The van der Waals surface area contributed by atoms with E-state index in [9.17, 15) is 17.6 Å². The van der Waals surface area contributed by atoms with Crippen molar-refractivity contribution >= 4 is 28.4 Å². The molecule has 1 aliphatic heterocycles. The van der Waals surface area contributed by atoms with Gasteiger partial charge in [-0.2, -0.15) is 0 Å². The zero-order valence-electron chi connectivity index (χ0n) is 10.1. The first-order valence-corrected chi connectivity index (χ1v) is 8.14. The summed E-state index contributed by atoms with van der Waals surface area (Å²) in [5, 5.41) is 2.66. The summed E-state index contributed by atoms with van der Waals surface area (Å²) in [6, 6.07) is 3.46. The van der Waals surface area contributed by atoms with E-state index < -0.39 is 21.6 Å². The SMILES string of the molecule is O=C(NC1CCCS(=O)(=O)C1)c1ccc(F)c(S)c1. The smallest absolute Gasteiger partial charge is 0.251 e. The zero-order valence-corrected chi connectivity index (χ0v) is 11.8. The number of thiol groups is 1. The predicted octanol–water partition coefficient (Wildman–Crippen LogP) is 1.42. The van der Waals surface area contributed by atoms with Crippen molar-refractivity contribution in [1.82, 2.24) is 5.32 Å². The molecule has 2 rings (SSSR count). The van der Waals surface area contributed by atoms with Gasteiger partial charge in [-0.1, -0.05) is 0 Å². The second kappa shape index (κ2) is 5.50. The predicted molar refractivity (Wildman–Crippen MR) is 72.8 cm³/mol. The van der Waals surface area contributed by atoms with E-state index in [0.717, 1.165) is 6.07 Å². The average Bonchev–Trinajstić information content (AvgIpc) is 2.31. The summed E-state index contributed by atoms with van der Waals surface area (Å²) in [5.74, 6) is -0.762. The number of hydrogen-bond acceptors (Lipinski definition) is 4. The third-order valence-electron chi connectivity index (χ3n) is 3.01. The molecule has 104 valence electrons. The number of sulfone groups is 1. The lowest BCUT2D eigenvalue weighted by atomic mass is 10.1. The lowest BCUT2D eigenvalue weighted by Gasteiger charge is -2.23. The molecule has 4 nitrogen and oxygen atoms in total. The highest BCUT2D eigenvalue weighted by molar-refractivity contribution is 7.91. The Hall–Kier alpha value is -1.08. The van der Waals surface area contributed by atoms with Crippen molar-refractivity contribution in [2.75, 3.05) is 11.5 Å². The number of carbonyl (C=O) groups excluding carboxylic acids is 1. The quantitative estimate of drug-likeness (QED) is 0.812. The fourth-order valence-corrected chi connectivity index (χ4v) is 3.91. The number of carbonyl (C=O) groups is 1. The molecule has 1 atom stereocenters.